The average Bonchev–Trinajstić information content (AvgIpc) is 3.77. The second-order valence-corrected chi connectivity index (χ2v) is 13.8. The quantitative estimate of drug-likeness (QED) is 0.146. The lowest BCUT2D eigenvalue weighted by Crippen LogP contribution is -2.05. The molecule has 2 atom stereocenters. The Morgan fingerprint density at radius 3 is 1.64 bits per heavy atom. The molecule has 1 nitrogen and oxygen atoms in total. The fourth-order valence-corrected chi connectivity index (χ4v) is 9.43. The summed E-state index contributed by atoms with van der Waals surface area (Å²) in [6.07, 6.45) is 3.79. The van der Waals surface area contributed by atoms with Crippen LogP contribution in [0.15, 0.2) is 140 Å². The second kappa shape index (κ2) is 9.50. The van der Waals surface area contributed by atoms with Gasteiger partial charge in [-0.3, -0.25) is 0 Å². The summed E-state index contributed by atoms with van der Waals surface area (Å²) >= 11 is 0. The molecule has 0 spiro atoms. The highest BCUT2D eigenvalue weighted by atomic mass is 14.7. The number of fused-ring (bicyclic) bond motifs is 10. The first-order chi connectivity index (χ1) is 23.3. The second-order valence-electron chi connectivity index (χ2n) is 13.8. The van der Waals surface area contributed by atoms with Crippen molar-refractivity contribution in [3.8, 4) is 33.5 Å². The van der Waals surface area contributed by atoms with Crippen molar-refractivity contribution in [1.29, 1.82) is 0 Å². The number of rotatable bonds is 3. The predicted molar refractivity (Wildman–Crippen MR) is 199 cm³/mol. The Morgan fingerprint density at radius 1 is 0.404 bits per heavy atom. The minimum Gasteiger partial charge on any atom is -0.247 e. The molecule has 8 aromatic carbocycles. The van der Waals surface area contributed by atoms with Crippen LogP contribution in [0.25, 0.3) is 87.5 Å². The molecular weight excluding hydrogens is 567 g/mol. The molecule has 2 aliphatic rings. The van der Waals surface area contributed by atoms with Crippen LogP contribution in [0.5, 0.6) is 0 Å². The number of hydrogen-bond acceptors (Lipinski definition) is 1. The van der Waals surface area contributed by atoms with Crippen molar-refractivity contribution in [3.05, 3.63) is 151 Å². The van der Waals surface area contributed by atoms with E-state index in [2.05, 4.69) is 140 Å². The molecule has 1 fully saturated rings. The lowest BCUT2D eigenvalue weighted by atomic mass is 9.82. The summed E-state index contributed by atoms with van der Waals surface area (Å²) in [4.78, 5) is 5.74. The first-order valence-corrected chi connectivity index (χ1v) is 17.0. The van der Waals surface area contributed by atoms with Crippen LogP contribution in [0.4, 0.5) is 0 Å². The third-order valence-corrected chi connectivity index (χ3v) is 11.3. The van der Waals surface area contributed by atoms with Crippen LogP contribution in [0.3, 0.4) is 0 Å². The Bertz CT molecular complexity index is 2640. The Kier molecular flexibility index (Phi) is 5.18. The van der Waals surface area contributed by atoms with Gasteiger partial charge >= 0.3 is 0 Å². The summed E-state index contributed by atoms with van der Waals surface area (Å²) in [6.45, 7) is 0. The van der Waals surface area contributed by atoms with Gasteiger partial charge in [0.05, 0.1) is 11.2 Å². The Morgan fingerprint density at radius 2 is 0.957 bits per heavy atom. The van der Waals surface area contributed by atoms with Crippen molar-refractivity contribution in [2.75, 3.05) is 0 Å². The van der Waals surface area contributed by atoms with Gasteiger partial charge in [-0.25, -0.2) is 4.98 Å². The molecule has 0 saturated heterocycles. The van der Waals surface area contributed by atoms with E-state index in [0.717, 1.165) is 5.52 Å². The highest BCUT2D eigenvalue weighted by Crippen LogP contribution is 2.59. The van der Waals surface area contributed by atoms with Crippen molar-refractivity contribution in [2.24, 2.45) is 0 Å². The van der Waals surface area contributed by atoms with Crippen LogP contribution in [0.2, 0.25) is 0 Å². The van der Waals surface area contributed by atoms with Crippen molar-refractivity contribution < 1.29 is 0 Å². The SMILES string of the molecule is c1ccc(-c2cc(-c3ccccc3)cc(-c3nc4cc5c6cccc7cccc(c8cccc(c4c4c3C3CCC4C3)c85)c76)c2)cc1. The molecule has 0 N–H and O–H groups in total. The summed E-state index contributed by atoms with van der Waals surface area (Å²) in [6, 6.07) is 51.7. The van der Waals surface area contributed by atoms with E-state index < -0.39 is 0 Å². The molecule has 220 valence electrons. The van der Waals surface area contributed by atoms with Crippen molar-refractivity contribution in [2.45, 2.75) is 31.1 Å². The van der Waals surface area contributed by atoms with Crippen LogP contribution >= 0.6 is 0 Å². The monoisotopic (exact) mass is 597 g/mol. The van der Waals surface area contributed by atoms with Gasteiger partial charge in [0.2, 0.25) is 0 Å². The standard InChI is InChI=1S/C46H31N/c1-3-10-27(11-4-1)32-23-33(28-12-5-2-6-13-28)25-34(24-32)46-43-31-21-20-30(22-31)42(43)45-38-19-9-18-36-35-16-7-14-29-15-8-17-37(41(29)35)39(44(36)38)26-40(45)47-46/h1-19,23-26,30-31H,20-22H2. The fraction of sp³-hybridized carbons (Fsp3) is 0.109. The molecule has 0 aliphatic heterocycles. The number of pyridine rings is 1. The molecule has 0 radical (unpaired) electrons. The maximum absolute atomic E-state index is 5.74. The molecule has 2 unspecified atom stereocenters. The zero-order valence-electron chi connectivity index (χ0n) is 26.0. The van der Waals surface area contributed by atoms with E-state index in [1.54, 1.807) is 5.56 Å². The zero-order chi connectivity index (χ0) is 30.6. The Labute approximate surface area is 273 Å². The normalized spacial score (nSPS) is 17.1. The molecule has 1 heteroatoms. The van der Waals surface area contributed by atoms with E-state index in [0.29, 0.717) is 11.8 Å². The minimum absolute atomic E-state index is 0.572. The molecule has 2 aliphatic carbocycles. The van der Waals surface area contributed by atoms with E-state index in [9.17, 15) is 0 Å². The third-order valence-electron chi connectivity index (χ3n) is 11.3. The van der Waals surface area contributed by atoms with Crippen molar-refractivity contribution >= 4 is 54.0 Å². The van der Waals surface area contributed by atoms with Gasteiger partial charge in [-0.2, -0.15) is 0 Å². The topological polar surface area (TPSA) is 12.9 Å². The molecule has 47 heavy (non-hydrogen) atoms. The maximum Gasteiger partial charge on any atom is 0.0747 e. The number of aromatic nitrogens is 1. The van der Waals surface area contributed by atoms with Crippen LogP contribution in [-0.4, -0.2) is 4.98 Å². The molecule has 9 aromatic rings. The van der Waals surface area contributed by atoms with E-state index in [1.807, 2.05) is 0 Å². The lowest BCUT2D eigenvalue weighted by molar-refractivity contribution is 0.721. The largest absolute Gasteiger partial charge is 0.247 e. The van der Waals surface area contributed by atoms with Gasteiger partial charge in [0.25, 0.3) is 0 Å². The molecule has 1 saturated carbocycles. The van der Waals surface area contributed by atoms with Gasteiger partial charge in [-0.05, 0) is 132 Å². The number of benzene rings is 8. The maximum atomic E-state index is 5.74. The number of hydrogen-bond donors (Lipinski definition) is 0. The van der Waals surface area contributed by atoms with Crippen LogP contribution in [0, 0.1) is 0 Å². The molecule has 2 bridgehead atoms. The van der Waals surface area contributed by atoms with E-state index in [1.165, 1.54) is 107 Å². The van der Waals surface area contributed by atoms with Crippen LogP contribution < -0.4 is 0 Å². The highest BCUT2D eigenvalue weighted by molar-refractivity contribution is 6.36. The van der Waals surface area contributed by atoms with Gasteiger partial charge in [-0.15, -0.1) is 0 Å². The fourth-order valence-electron chi connectivity index (χ4n) is 9.43. The molecule has 1 aromatic heterocycles. The molecule has 1 heterocycles. The summed E-state index contributed by atoms with van der Waals surface area (Å²) < 4.78 is 0. The first kappa shape index (κ1) is 25.6. The van der Waals surface area contributed by atoms with Crippen LogP contribution in [0.1, 0.15) is 42.2 Å². The summed E-state index contributed by atoms with van der Waals surface area (Å²) in [5, 5.41) is 12.2. The Balaban J connectivity index is 1.28. The van der Waals surface area contributed by atoms with Gasteiger partial charge in [-0.1, -0.05) is 115 Å². The Hall–Kier alpha value is -5.53. The first-order valence-electron chi connectivity index (χ1n) is 17.0. The van der Waals surface area contributed by atoms with Crippen LogP contribution in [-0.2, 0) is 0 Å². The minimum atomic E-state index is 0.572. The van der Waals surface area contributed by atoms with Gasteiger partial charge in [0.15, 0.2) is 0 Å². The molecule has 0 amide bonds. The average molecular weight is 598 g/mol. The number of nitrogens with zero attached hydrogens (tertiary/aromatic N) is 1. The third kappa shape index (κ3) is 3.57. The summed E-state index contributed by atoms with van der Waals surface area (Å²) in [7, 11) is 0. The van der Waals surface area contributed by atoms with Crippen molar-refractivity contribution in [3.63, 3.8) is 0 Å². The highest BCUT2D eigenvalue weighted by Gasteiger charge is 2.41. The van der Waals surface area contributed by atoms with Gasteiger partial charge in [0, 0.05) is 10.9 Å². The predicted octanol–water partition coefficient (Wildman–Crippen LogP) is 12.7. The molecular formula is C46H31N. The van der Waals surface area contributed by atoms with Crippen molar-refractivity contribution in [1.82, 2.24) is 4.98 Å². The smallest absolute Gasteiger partial charge is 0.0747 e. The van der Waals surface area contributed by atoms with E-state index in [-0.39, 0.29) is 0 Å². The van der Waals surface area contributed by atoms with E-state index >= 15 is 0 Å². The van der Waals surface area contributed by atoms with Gasteiger partial charge in [0.1, 0.15) is 0 Å². The summed E-state index contributed by atoms with van der Waals surface area (Å²) in [5.74, 6) is 1.17. The molecule has 11 rings (SSSR count). The zero-order valence-corrected chi connectivity index (χ0v) is 26.0. The van der Waals surface area contributed by atoms with Gasteiger partial charge < -0.3 is 0 Å². The van der Waals surface area contributed by atoms with E-state index in [4.69, 9.17) is 4.98 Å². The lowest BCUT2D eigenvalue weighted by Gasteiger charge is -2.24. The summed E-state index contributed by atoms with van der Waals surface area (Å²) in [5.41, 5.74) is 11.6.